The maximum absolute atomic E-state index is 13.2. The Bertz CT molecular complexity index is 890. The lowest BCUT2D eigenvalue weighted by Gasteiger charge is -2.10. The SMILES string of the molecule is Fc1ccc(Nc2ccnc(Nc3ccc(Cl)cc3Cl)n2)cc1F. The van der Waals surface area contributed by atoms with E-state index in [2.05, 4.69) is 20.6 Å². The molecule has 0 fully saturated rings. The van der Waals surface area contributed by atoms with Crippen molar-refractivity contribution in [2.45, 2.75) is 0 Å². The van der Waals surface area contributed by atoms with Crippen LogP contribution in [0.1, 0.15) is 0 Å². The third-order valence-corrected chi connectivity index (χ3v) is 3.57. The molecule has 0 radical (unpaired) electrons. The van der Waals surface area contributed by atoms with Gasteiger partial charge in [-0.1, -0.05) is 23.2 Å². The summed E-state index contributed by atoms with van der Waals surface area (Å²) in [4.78, 5) is 8.32. The summed E-state index contributed by atoms with van der Waals surface area (Å²) in [6, 6.07) is 10.0. The van der Waals surface area contributed by atoms with Gasteiger partial charge in [0.2, 0.25) is 5.95 Å². The first-order chi connectivity index (χ1) is 11.5. The van der Waals surface area contributed by atoms with Gasteiger partial charge in [0.05, 0.1) is 10.7 Å². The first-order valence-corrected chi connectivity index (χ1v) is 7.54. The number of hydrogen-bond donors (Lipinski definition) is 2. The number of anilines is 4. The molecule has 0 unspecified atom stereocenters. The lowest BCUT2D eigenvalue weighted by Crippen LogP contribution is -2.01. The minimum atomic E-state index is -0.944. The average molecular weight is 367 g/mol. The quantitative estimate of drug-likeness (QED) is 0.635. The van der Waals surface area contributed by atoms with E-state index in [-0.39, 0.29) is 5.95 Å². The summed E-state index contributed by atoms with van der Waals surface area (Å²) in [5, 5.41) is 6.76. The smallest absolute Gasteiger partial charge is 0.229 e. The van der Waals surface area contributed by atoms with Crippen molar-refractivity contribution in [1.29, 1.82) is 0 Å². The van der Waals surface area contributed by atoms with Crippen molar-refractivity contribution in [2.75, 3.05) is 10.6 Å². The highest BCUT2D eigenvalue weighted by atomic mass is 35.5. The topological polar surface area (TPSA) is 49.8 Å². The molecule has 0 spiro atoms. The summed E-state index contributed by atoms with van der Waals surface area (Å²) in [7, 11) is 0. The number of benzene rings is 2. The molecular formula is C16H10Cl2F2N4. The molecule has 122 valence electrons. The van der Waals surface area contributed by atoms with Crippen LogP contribution < -0.4 is 10.6 Å². The number of halogens is 4. The first-order valence-electron chi connectivity index (χ1n) is 6.78. The fraction of sp³-hybridized carbons (Fsp3) is 0. The number of aromatic nitrogens is 2. The summed E-state index contributed by atoms with van der Waals surface area (Å²) >= 11 is 11.9. The highest BCUT2D eigenvalue weighted by Gasteiger charge is 2.06. The van der Waals surface area contributed by atoms with Crippen molar-refractivity contribution in [3.05, 3.63) is 70.3 Å². The molecule has 2 aromatic carbocycles. The molecule has 24 heavy (non-hydrogen) atoms. The molecule has 1 aromatic heterocycles. The Morgan fingerprint density at radius 3 is 2.46 bits per heavy atom. The van der Waals surface area contributed by atoms with Gasteiger partial charge in [0.25, 0.3) is 0 Å². The zero-order valence-electron chi connectivity index (χ0n) is 12.0. The van der Waals surface area contributed by atoms with Gasteiger partial charge in [-0.15, -0.1) is 0 Å². The zero-order chi connectivity index (χ0) is 17.1. The van der Waals surface area contributed by atoms with Crippen LogP contribution in [0.5, 0.6) is 0 Å². The van der Waals surface area contributed by atoms with Crippen molar-refractivity contribution >= 4 is 46.3 Å². The molecular weight excluding hydrogens is 357 g/mol. The summed E-state index contributed by atoms with van der Waals surface area (Å²) in [6.07, 6.45) is 1.52. The third-order valence-electron chi connectivity index (χ3n) is 3.03. The predicted octanol–water partition coefficient (Wildman–Crippen LogP) is 5.55. The summed E-state index contributed by atoms with van der Waals surface area (Å²) in [5.74, 6) is -1.17. The third kappa shape index (κ3) is 3.90. The molecule has 0 aliphatic rings. The van der Waals surface area contributed by atoms with Crippen molar-refractivity contribution in [3.63, 3.8) is 0 Å². The molecule has 0 aliphatic carbocycles. The number of rotatable bonds is 4. The highest BCUT2D eigenvalue weighted by Crippen LogP contribution is 2.27. The Morgan fingerprint density at radius 2 is 1.71 bits per heavy atom. The molecule has 0 amide bonds. The lowest BCUT2D eigenvalue weighted by atomic mass is 10.3. The van der Waals surface area contributed by atoms with E-state index in [1.807, 2.05) is 0 Å². The fourth-order valence-corrected chi connectivity index (χ4v) is 2.38. The minimum absolute atomic E-state index is 0.284. The maximum Gasteiger partial charge on any atom is 0.229 e. The van der Waals surface area contributed by atoms with E-state index in [9.17, 15) is 8.78 Å². The van der Waals surface area contributed by atoms with Crippen LogP contribution in [-0.2, 0) is 0 Å². The largest absolute Gasteiger partial charge is 0.340 e. The second kappa shape index (κ2) is 6.98. The maximum atomic E-state index is 13.2. The molecule has 3 aromatic rings. The van der Waals surface area contributed by atoms with E-state index < -0.39 is 11.6 Å². The van der Waals surface area contributed by atoms with Gasteiger partial charge in [0.1, 0.15) is 5.82 Å². The molecule has 0 aliphatic heterocycles. The van der Waals surface area contributed by atoms with Gasteiger partial charge in [-0.2, -0.15) is 4.98 Å². The molecule has 4 nitrogen and oxygen atoms in total. The van der Waals surface area contributed by atoms with Gasteiger partial charge in [-0.05, 0) is 36.4 Å². The van der Waals surface area contributed by atoms with Gasteiger partial charge in [0.15, 0.2) is 11.6 Å². The molecule has 0 atom stereocenters. The second-order valence-electron chi connectivity index (χ2n) is 4.77. The van der Waals surface area contributed by atoms with E-state index in [1.165, 1.54) is 12.3 Å². The van der Waals surface area contributed by atoms with E-state index >= 15 is 0 Å². The van der Waals surface area contributed by atoms with E-state index in [0.29, 0.717) is 27.2 Å². The Hall–Kier alpha value is -2.44. The molecule has 0 saturated heterocycles. The molecule has 0 bridgehead atoms. The van der Waals surface area contributed by atoms with E-state index in [1.54, 1.807) is 24.3 Å². The molecule has 2 N–H and O–H groups in total. The van der Waals surface area contributed by atoms with Crippen LogP contribution in [-0.4, -0.2) is 9.97 Å². The minimum Gasteiger partial charge on any atom is -0.340 e. The Kier molecular flexibility index (Phi) is 4.78. The van der Waals surface area contributed by atoms with Crippen LogP contribution in [0.4, 0.5) is 31.9 Å². The number of nitrogens with zero attached hydrogens (tertiary/aromatic N) is 2. The second-order valence-corrected chi connectivity index (χ2v) is 5.61. The van der Waals surface area contributed by atoms with Crippen LogP contribution in [0.15, 0.2) is 48.7 Å². The Labute approximate surface area is 146 Å². The lowest BCUT2D eigenvalue weighted by molar-refractivity contribution is 0.509. The van der Waals surface area contributed by atoms with Crippen LogP contribution in [0.3, 0.4) is 0 Å². The molecule has 3 rings (SSSR count). The van der Waals surface area contributed by atoms with Crippen molar-refractivity contribution in [2.24, 2.45) is 0 Å². The summed E-state index contributed by atoms with van der Waals surface area (Å²) in [5.41, 5.74) is 0.953. The van der Waals surface area contributed by atoms with Crippen molar-refractivity contribution < 1.29 is 8.78 Å². The predicted molar refractivity (Wildman–Crippen MR) is 91.4 cm³/mol. The first kappa shape index (κ1) is 16.4. The van der Waals surface area contributed by atoms with E-state index in [0.717, 1.165) is 12.1 Å². The Balaban J connectivity index is 1.79. The van der Waals surface area contributed by atoms with Crippen LogP contribution >= 0.6 is 23.2 Å². The van der Waals surface area contributed by atoms with Crippen LogP contribution in [0, 0.1) is 11.6 Å². The van der Waals surface area contributed by atoms with Gasteiger partial charge < -0.3 is 10.6 Å². The van der Waals surface area contributed by atoms with Crippen molar-refractivity contribution in [1.82, 2.24) is 9.97 Å². The summed E-state index contributed by atoms with van der Waals surface area (Å²) < 4.78 is 26.2. The fourth-order valence-electron chi connectivity index (χ4n) is 1.92. The number of nitrogens with one attached hydrogen (secondary N) is 2. The number of hydrogen-bond acceptors (Lipinski definition) is 4. The molecule has 1 heterocycles. The Morgan fingerprint density at radius 1 is 0.875 bits per heavy atom. The standard InChI is InChI=1S/C16H10Cl2F2N4/c17-9-1-4-14(11(18)7-9)23-16-21-6-5-15(24-16)22-10-2-3-12(19)13(20)8-10/h1-8H,(H2,21,22,23,24). The van der Waals surface area contributed by atoms with Crippen LogP contribution in [0.25, 0.3) is 0 Å². The van der Waals surface area contributed by atoms with E-state index in [4.69, 9.17) is 23.2 Å². The average Bonchev–Trinajstić information content (AvgIpc) is 2.54. The van der Waals surface area contributed by atoms with Crippen molar-refractivity contribution in [3.8, 4) is 0 Å². The molecule has 8 heteroatoms. The normalized spacial score (nSPS) is 10.5. The monoisotopic (exact) mass is 366 g/mol. The van der Waals surface area contributed by atoms with Crippen LogP contribution in [0.2, 0.25) is 10.0 Å². The summed E-state index contributed by atoms with van der Waals surface area (Å²) in [6.45, 7) is 0. The zero-order valence-corrected chi connectivity index (χ0v) is 13.5. The van der Waals surface area contributed by atoms with Gasteiger partial charge in [0, 0.05) is 23.0 Å². The van der Waals surface area contributed by atoms with Gasteiger partial charge >= 0.3 is 0 Å². The van der Waals surface area contributed by atoms with Gasteiger partial charge in [-0.25, -0.2) is 13.8 Å². The molecule has 0 saturated carbocycles. The highest BCUT2D eigenvalue weighted by molar-refractivity contribution is 6.36. The van der Waals surface area contributed by atoms with Gasteiger partial charge in [-0.3, -0.25) is 0 Å².